The number of hydrogen-bond acceptors (Lipinski definition) is 3. The van der Waals surface area contributed by atoms with E-state index < -0.39 is 5.60 Å². The van der Waals surface area contributed by atoms with Crippen LogP contribution in [0.2, 0.25) is 0 Å². The van der Waals surface area contributed by atoms with Crippen LogP contribution in [0.1, 0.15) is 47.6 Å². The molecule has 5 rings (SSSR count). The molecule has 0 radical (unpaired) electrons. The maximum atomic E-state index is 7.07. The highest BCUT2D eigenvalue weighted by atomic mass is 16.5. The minimum absolute atomic E-state index is 0.271. The second-order valence-electron chi connectivity index (χ2n) is 9.54. The molecule has 1 fully saturated rings. The van der Waals surface area contributed by atoms with Crippen LogP contribution in [0.15, 0.2) is 60.2 Å². The van der Waals surface area contributed by atoms with Gasteiger partial charge in [0.25, 0.3) is 0 Å². The maximum Gasteiger partial charge on any atom is 0.177 e. The molecular formula is C29H32O3. The monoisotopic (exact) mass is 428 g/mol. The molecule has 0 N–H and O–H groups in total. The largest absolute Gasteiger partial charge is 0.497 e. The number of ether oxygens (including phenoxy) is 3. The summed E-state index contributed by atoms with van der Waals surface area (Å²) in [6.07, 6.45) is 11.6. The third kappa shape index (κ3) is 3.14. The van der Waals surface area contributed by atoms with Crippen LogP contribution >= 0.6 is 0 Å². The highest BCUT2D eigenvalue weighted by Gasteiger charge is 2.51. The Hall–Kier alpha value is -2.78. The molecule has 2 aromatic carbocycles. The highest BCUT2D eigenvalue weighted by molar-refractivity contribution is 5.71. The van der Waals surface area contributed by atoms with Crippen molar-refractivity contribution >= 4 is 6.08 Å². The van der Waals surface area contributed by atoms with Crippen molar-refractivity contribution in [3.63, 3.8) is 0 Å². The van der Waals surface area contributed by atoms with Crippen LogP contribution in [0.4, 0.5) is 0 Å². The number of hydrogen-bond donors (Lipinski definition) is 0. The molecule has 1 heterocycles. The number of rotatable bonds is 5. The Morgan fingerprint density at radius 1 is 1.00 bits per heavy atom. The minimum atomic E-state index is -0.686. The van der Waals surface area contributed by atoms with E-state index in [1.807, 2.05) is 12.1 Å². The summed E-state index contributed by atoms with van der Waals surface area (Å²) in [5.41, 5.74) is 6.57. The van der Waals surface area contributed by atoms with Crippen molar-refractivity contribution in [3.8, 4) is 11.5 Å². The fourth-order valence-corrected chi connectivity index (χ4v) is 5.24. The standard InChI is InChI=1S/C29H32O3/c1-17(2)25-15-18(3)19(4)27-24(25)13-14-29(32-27,20-7-10-22(30-5)11-8-20)21-9-12-23-26(16-21)28(23)31-6/h7-17,23,26,28H,1-6H3/t23?,26-,28+,29?/m0/s1. The lowest BCUT2D eigenvalue weighted by Gasteiger charge is -2.39. The van der Waals surface area contributed by atoms with Gasteiger partial charge in [0.05, 0.1) is 13.2 Å². The first kappa shape index (κ1) is 21.1. The van der Waals surface area contributed by atoms with Crippen molar-refractivity contribution in [1.29, 1.82) is 0 Å². The van der Waals surface area contributed by atoms with E-state index in [0.717, 1.165) is 22.6 Å². The number of methoxy groups -OCH3 is 2. The van der Waals surface area contributed by atoms with Gasteiger partial charge >= 0.3 is 0 Å². The van der Waals surface area contributed by atoms with E-state index in [0.29, 0.717) is 17.8 Å². The number of benzene rings is 2. The van der Waals surface area contributed by atoms with Gasteiger partial charge in [0.2, 0.25) is 0 Å². The van der Waals surface area contributed by atoms with E-state index in [2.05, 4.69) is 76.3 Å². The van der Waals surface area contributed by atoms with E-state index in [4.69, 9.17) is 14.2 Å². The summed E-state index contributed by atoms with van der Waals surface area (Å²) >= 11 is 0. The second-order valence-corrected chi connectivity index (χ2v) is 9.54. The molecule has 4 atom stereocenters. The van der Waals surface area contributed by atoms with E-state index in [9.17, 15) is 0 Å². The molecule has 2 aromatic rings. The number of aryl methyl sites for hydroxylation is 1. The van der Waals surface area contributed by atoms with Gasteiger partial charge in [-0.15, -0.1) is 0 Å². The smallest absolute Gasteiger partial charge is 0.177 e. The summed E-state index contributed by atoms with van der Waals surface area (Å²) in [5.74, 6) is 3.15. The Morgan fingerprint density at radius 2 is 1.75 bits per heavy atom. The van der Waals surface area contributed by atoms with Gasteiger partial charge in [0.15, 0.2) is 5.60 Å². The molecule has 1 aliphatic heterocycles. The van der Waals surface area contributed by atoms with Crippen molar-refractivity contribution in [2.75, 3.05) is 14.2 Å². The predicted octanol–water partition coefficient (Wildman–Crippen LogP) is 6.49. The van der Waals surface area contributed by atoms with Gasteiger partial charge in [0.1, 0.15) is 11.5 Å². The second kappa shape index (κ2) is 7.67. The van der Waals surface area contributed by atoms with Gasteiger partial charge in [-0.1, -0.05) is 56.4 Å². The molecule has 1 saturated carbocycles. The van der Waals surface area contributed by atoms with Crippen molar-refractivity contribution in [3.05, 3.63) is 88.0 Å². The lowest BCUT2D eigenvalue weighted by atomic mass is 9.79. The molecule has 0 aromatic heterocycles. The lowest BCUT2D eigenvalue weighted by molar-refractivity contribution is 0.156. The van der Waals surface area contributed by atoms with Crippen molar-refractivity contribution < 1.29 is 14.2 Å². The molecule has 166 valence electrons. The highest BCUT2D eigenvalue weighted by Crippen LogP contribution is 2.52. The summed E-state index contributed by atoms with van der Waals surface area (Å²) in [7, 11) is 3.50. The molecule has 3 nitrogen and oxygen atoms in total. The van der Waals surface area contributed by atoms with Gasteiger partial charge in [-0.3, -0.25) is 0 Å². The molecule has 2 aliphatic carbocycles. The van der Waals surface area contributed by atoms with Crippen molar-refractivity contribution in [1.82, 2.24) is 0 Å². The van der Waals surface area contributed by atoms with Gasteiger partial charge in [-0.05, 0) is 54.7 Å². The first-order valence-electron chi connectivity index (χ1n) is 11.5. The molecule has 0 saturated heterocycles. The Balaban J connectivity index is 1.68. The Bertz CT molecular complexity index is 1140. The zero-order valence-electron chi connectivity index (χ0n) is 19.8. The van der Waals surface area contributed by atoms with Crippen molar-refractivity contribution in [2.45, 2.75) is 45.3 Å². The summed E-state index contributed by atoms with van der Waals surface area (Å²) in [6.45, 7) is 8.83. The summed E-state index contributed by atoms with van der Waals surface area (Å²) in [5, 5.41) is 0. The molecule has 3 aliphatic rings. The molecule has 32 heavy (non-hydrogen) atoms. The predicted molar refractivity (Wildman–Crippen MR) is 129 cm³/mol. The SMILES string of the molecule is COc1ccc(C2(C3=C[C@H]4C(C=C3)[C@H]4OC)C=Cc3c(C(C)C)cc(C)c(C)c3O2)cc1. The van der Waals surface area contributed by atoms with Crippen LogP contribution in [0.25, 0.3) is 6.08 Å². The van der Waals surface area contributed by atoms with Gasteiger partial charge < -0.3 is 14.2 Å². The fourth-order valence-electron chi connectivity index (χ4n) is 5.24. The zero-order chi connectivity index (χ0) is 22.6. The van der Waals surface area contributed by atoms with Crippen LogP contribution in [-0.2, 0) is 10.3 Å². The zero-order valence-corrected chi connectivity index (χ0v) is 19.8. The summed E-state index contributed by atoms with van der Waals surface area (Å²) in [6, 6.07) is 10.6. The molecule has 0 amide bonds. The third-order valence-electron chi connectivity index (χ3n) is 7.38. The molecule has 2 unspecified atom stereocenters. The molecular weight excluding hydrogens is 396 g/mol. The lowest BCUT2D eigenvalue weighted by Crippen LogP contribution is -2.35. The Labute approximate surface area is 191 Å². The van der Waals surface area contributed by atoms with E-state index in [1.54, 1.807) is 14.2 Å². The maximum absolute atomic E-state index is 7.07. The fraction of sp³-hybridized carbons (Fsp3) is 0.379. The third-order valence-corrected chi connectivity index (χ3v) is 7.38. The molecule has 0 spiro atoms. The van der Waals surface area contributed by atoms with Gasteiger partial charge in [-0.25, -0.2) is 0 Å². The summed E-state index contributed by atoms with van der Waals surface area (Å²) < 4.78 is 18.2. The van der Waals surface area contributed by atoms with Gasteiger partial charge in [-0.2, -0.15) is 0 Å². The summed E-state index contributed by atoms with van der Waals surface area (Å²) in [4.78, 5) is 0. The van der Waals surface area contributed by atoms with Crippen LogP contribution in [0.5, 0.6) is 11.5 Å². The normalized spacial score (nSPS) is 27.5. The topological polar surface area (TPSA) is 27.7 Å². The Morgan fingerprint density at radius 3 is 2.41 bits per heavy atom. The number of fused-ring (bicyclic) bond motifs is 2. The van der Waals surface area contributed by atoms with E-state index >= 15 is 0 Å². The van der Waals surface area contributed by atoms with E-state index in [1.165, 1.54) is 22.3 Å². The van der Waals surface area contributed by atoms with Crippen LogP contribution in [-0.4, -0.2) is 20.3 Å². The average molecular weight is 429 g/mol. The molecule has 0 bridgehead atoms. The minimum Gasteiger partial charge on any atom is -0.497 e. The van der Waals surface area contributed by atoms with Crippen molar-refractivity contribution in [2.24, 2.45) is 11.8 Å². The average Bonchev–Trinajstić information content (AvgIpc) is 3.53. The van der Waals surface area contributed by atoms with Crippen LogP contribution in [0.3, 0.4) is 0 Å². The van der Waals surface area contributed by atoms with Gasteiger partial charge in [0, 0.05) is 35.6 Å². The van der Waals surface area contributed by atoms with Crippen LogP contribution in [0, 0.1) is 25.7 Å². The quantitative estimate of drug-likeness (QED) is 0.544. The molecule has 3 heteroatoms. The first-order chi connectivity index (χ1) is 15.4. The van der Waals surface area contributed by atoms with Crippen LogP contribution < -0.4 is 9.47 Å². The first-order valence-corrected chi connectivity index (χ1v) is 11.5. The Kier molecular flexibility index (Phi) is 5.05. The van der Waals surface area contributed by atoms with E-state index in [-0.39, 0.29) is 6.10 Å².